The minimum atomic E-state index is -0.982. The molecule has 0 heterocycles. The SMILES string of the molecule is C=CC1CCC(C2CCC(c3ccc(C)cc3)CC2)CC1.C=CCCC1CCC(C2CCC(c3ccc(C)cc3)CC2)CC1.CCCCCC1CCC(c2ccc(C#Cc3ccc(OCC)c(F)c3F)cc2)CC1. The fourth-order valence-corrected chi connectivity index (χ4v) is 14.0. The van der Waals surface area contributed by atoms with Gasteiger partial charge in [0.2, 0.25) is 5.82 Å². The van der Waals surface area contributed by atoms with Crippen molar-refractivity contribution in [3.8, 4) is 17.6 Å². The molecule has 0 bridgehead atoms. The highest BCUT2D eigenvalue weighted by Crippen LogP contribution is 2.46. The van der Waals surface area contributed by atoms with E-state index in [0.29, 0.717) is 5.92 Å². The highest BCUT2D eigenvalue weighted by Gasteiger charge is 2.32. The van der Waals surface area contributed by atoms with E-state index in [9.17, 15) is 8.78 Å². The number of halogens is 2. The van der Waals surface area contributed by atoms with Crippen molar-refractivity contribution >= 4 is 0 Å². The van der Waals surface area contributed by atoms with Gasteiger partial charge in [-0.05, 0) is 249 Å². The average Bonchev–Trinajstić information content (AvgIpc) is 3.45. The summed E-state index contributed by atoms with van der Waals surface area (Å²) in [5, 5.41) is 0. The molecule has 5 saturated carbocycles. The van der Waals surface area contributed by atoms with Crippen molar-refractivity contribution in [2.75, 3.05) is 6.61 Å². The van der Waals surface area contributed by atoms with Crippen LogP contribution < -0.4 is 4.74 Å². The molecule has 5 aliphatic carbocycles. The van der Waals surface area contributed by atoms with Crippen LogP contribution in [0.3, 0.4) is 0 Å². The zero-order chi connectivity index (χ0) is 52.1. The van der Waals surface area contributed by atoms with E-state index in [2.05, 4.69) is 119 Å². The maximum Gasteiger partial charge on any atom is 0.201 e. The molecular formula is C71H96F2O. The molecule has 0 aromatic heterocycles. The number of aryl methyl sites for hydroxylation is 2. The van der Waals surface area contributed by atoms with Crippen molar-refractivity contribution in [3.63, 3.8) is 0 Å². The summed E-state index contributed by atoms with van der Waals surface area (Å²) in [7, 11) is 0. The Kier molecular flexibility index (Phi) is 23.5. The fourth-order valence-electron chi connectivity index (χ4n) is 14.0. The number of ether oxygens (including phenoxy) is 1. The third kappa shape index (κ3) is 17.3. The Morgan fingerprint density at radius 2 is 0.919 bits per heavy atom. The smallest absolute Gasteiger partial charge is 0.201 e. The number of benzene rings is 4. The molecule has 0 saturated heterocycles. The molecule has 0 radical (unpaired) electrons. The van der Waals surface area contributed by atoms with Gasteiger partial charge in [0.25, 0.3) is 0 Å². The standard InChI is InChI=1S/C27H32F2O.C23H34.C21H30/c1-3-5-6-7-20-8-13-22(14-9-20)23-15-10-21(11-16-23)12-17-24-18-19-25(30-4-2)27(29)26(24)28;1-3-4-5-19-8-12-21(13-9-19)23-16-14-22(15-17-23)20-10-6-18(2)7-11-20;1-3-17-6-10-19(11-7-17)21-14-12-20(13-15-21)18-8-4-16(2)5-9-18/h10-11,15-16,18-20,22H,3-9,13-14H2,1-2H3;3,6-7,10-11,19,21-23H,1,4-5,8-9,12-17H2,2H3;3-5,8-9,17,19-21H,1,6-7,10-15H2,2H3. The molecule has 74 heavy (non-hydrogen) atoms. The molecule has 4 aromatic carbocycles. The summed E-state index contributed by atoms with van der Waals surface area (Å²) in [5.74, 6) is 12.8. The lowest BCUT2D eigenvalue weighted by Gasteiger charge is -2.38. The number of hydrogen-bond donors (Lipinski definition) is 0. The van der Waals surface area contributed by atoms with Gasteiger partial charge in [0.05, 0.1) is 12.2 Å². The van der Waals surface area contributed by atoms with Crippen molar-refractivity contribution in [2.24, 2.45) is 41.4 Å². The Morgan fingerprint density at radius 1 is 0.486 bits per heavy atom. The van der Waals surface area contributed by atoms with Gasteiger partial charge in [-0.2, -0.15) is 4.39 Å². The monoisotopic (exact) mass is 1000 g/mol. The molecule has 5 aliphatic rings. The summed E-state index contributed by atoms with van der Waals surface area (Å²) < 4.78 is 33.2. The van der Waals surface area contributed by atoms with E-state index in [0.717, 1.165) is 58.8 Å². The second-order valence-corrected chi connectivity index (χ2v) is 23.9. The van der Waals surface area contributed by atoms with Crippen LogP contribution in [0.1, 0.15) is 237 Å². The second-order valence-electron chi connectivity index (χ2n) is 23.9. The quantitative estimate of drug-likeness (QED) is 0.0655. The topological polar surface area (TPSA) is 9.23 Å². The molecule has 0 spiro atoms. The molecule has 0 aliphatic heterocycles. The van der Waals surface area contributed by atoms with Crippen molar-refractivity contribution in [3.05, 3.63) is 161 Å². The molecule has 0 N–H and O–H groups in total. The van der Waals surface area contributed by atoms with Crippen LogP contribution in [0.5, 0.6) is 5.75 Å². The Bertz CT molecular complexity index is 2290. The summed E-state index contributed by atoms with van der Waals surface area (Å²) in [4.78, 5) is 0. The molecular weight excluding hydrogens is 907 g/mol. The molecule has 0 amide bonds. The molecule has 3 heteroatoms. The lowest BCUT2D eigenvalue weighted by Crippen LogP contribution is -2.25. The number of hydrogen-bond acceptors (Lipinski definition) is 1. The Morgan fingerprint density at radius 3 is 1.38 bits per heavy atom. The first-order valence-electron chi connectivity index (χ1n) is 30.2. The third-order valence-corrected chi connectivity index (χ3v) is 18.9. The van der Waals surface area contributed by atoms with Gasteiger partial charge in [-0.1, -0.05) is 141 Å². The predicted octanol–water partition coefficient (Wildman–Crippen LogP) is 20.9. The lowest BCUT2D eigenvalue weighted by molar-refractivity contribution is 0.157. The number of rotatable bonds is 15. The van der Waals surface area contributed by atoms with Crippen LogP contribution in [0, 0.1) is 78.7 Å². The van der Waals surface area contributed by atoms with Crippen molar-refractivity contribution in [2.45, 2.75) is 212 Å². The van der Waals surface area contributed by atoms with E-state index in [4.69, 9.17) is 4.74 Å². The van der Waals surface area contributed by atoms with Gasteiger partial charge in [-0.15, -0.1) is 13.2 Å². The lowest BCUT2D eigenvalue weighted by atomic mass is 9.68. The molecule has 5 fully saturated rings. The Hall–Kier alpha value is -4.42. The largest absolute Gasteiger partial charge is 0.491 e. The maximum atomic E-state index is 14.2. The van der Waals surface area contributed by atoms with E-state index >= 15 is 0 Å². The number of allylic oxidation sites excluding steroid dienone is 2. The zero-order valence-electron chi connectivity index (χ0n) is 46.7. The van der Waals surface area contributed by atoms with Crippen LogP contribution >= 0.6 is 0 Å². The van der Waals surface area contributed by atoms with Crippen molar-refractivity contribution < 1.29 is 13.5 Å². The van der Waals surface area contributed by atoms with E-state index in [-0.39, 0.29) is 17.9 Å². The first-order chi connectivity index (χ1) is 36.1. The Balaban J connectivity index is 0.000000165. The molecule has 1 nitrogen and oxygen atoms in total. The van der Waals surface area contributed by atoms with Gasteiger partial charge in [-0.3, -0.25) is 0 Å². The normalized spacial score (nSPS) is 26.9. The van der Waals surface area contributed by atoms with Gasteiger partial charge < -0.3 is 4.74 Å². The maximum absolute atomic E-state index is 14.2. The second kappa shape index (κ2) is 30.4. The van der Waals surface area contributed by atoms with E-state index < -0.39 is 11.6 Å². The minimum Gasteiger partial charge on any atom is -0.491 e. The van der Waals surface area contributed by atoms with Crippen LogP contribution in [0.25, 0.3) is 0 Å². The van der Waals surface area contributed by atoms with E-state index in [1.165, 1.54) is 196 Å². The predicted molar refractivity (Wildman–Crippen MR) is 311 cm³/mol. The van der Waals surface area contributed by atoms with Crippen LogP contribution in [-0.4, -0.2) is 6.61 Å². The van der Waals surface area contributed by atoms with Gasteiger partial charge in [0.15, 0.2) is 11.6 Å². The summed E-state index contributed by atoms with van der Waals surface area (Å²) in [5.41, 5.74) is 8.15. The molecule has 4 aromatic rings. The van der Waals surface area contributed by atoms with Gasteiger partial charge in [0.1, 0.15) is 0 Å². The van der Waals surface area contributed by atoms with Crippen LogP contribution in [0.2, 0.25) is 0 Å². The molecule has 9 rings (SSSR count). The zero-order valence-corrected chi connectivity index (χ0v) is 46.7. The fraction of sp³-hybridized carbons (Fsp3) is 0.577. The van der Waals surface area contributed by atoms with Gasteiger partial charge >= 0.3 is 0 Å². The first kappa shape index (κ1) is 57.3. The summed E-state index contributed by atoms with van der Waals surface area (Å²) in [6.45, 7) is 16.5. The average molecular weight is 1000 g/mol. The van der Waals surface area contributed by atoms with E-state index in [1.807, 2.05) is 12.1 Å². The highest BCUT2D eigenvalue weighted by molar-refractivity contribution is 5.46. The Labute approximate surface area is 450 Å². The third-order valence-electron chi connectivity index (χ3n) is 18.9. The molecule has 0 atom stereocenters. The van der Waals surface area contributed by atoms with Crippen LogP contribution in [0.4, 0.5) is 8.78 Å². The van der Waals surface area contributed by atoms with E-state index in [1.54, 1.807) is 18.1 Å². The van der Waals surface area contributed by atoms with Crippen LogP contribution in [-0.2, 0) is 0 Å². The van der Waals surface area contributed by atoms with Crippen molar-refractivity contribution in [1.82, 2.24) is 0 Å². The van der Waals surface area contributed by atoms with Gasteiger partial charge in [-0.25, -0.2) is 4.39 Å². The van der Waals surface area contributed by atoms with Crippen LogP contribution in [0.15, 0.2) is 110 Å². The highest BCUT2D eigenvalue weighted by atomic mass is 19.2. The minimum absolute atomic E-state index is 0.0430. The summed E-state index contributed by atoms with van der Waals surface area (Å²) >= 11 is 0. The molecule has 0 unspecified atom stereocenters. The molecule has 400 valence electrons. The summed E-state index contributed by atoms with van der Waals surface area (Å²) in [6, 6.07) is 29.7. The van der Waals surface area contributed by atoms with Gasteiger partial charge in [0, 0.05) is 5.56 Å². The summed E-state index contributed by atoms with van der Waals surface area (Å²) in [6.07, 6.45) is 40.7. The number of unbranched alkanes of at least 4 members (excludes halogenated alkanes) is 2. The van der Waals surface area contributed by atoms with Crippen molar-refractivity contribution in [1.29, 1.82) is 0 Å². The first-order valence-corrected chi connectivity index (χ1v) is 30.2.